The van der Waals surface area contributed by atoms with Crippen LogP contribution in [0.1, 0.15) is 21.5 Å². The maximum absolute atomic E-state index is 12.5. The fourth-order valence-corrected chi connectivity index (χ4v) is 3.06. The first-order chi connectivity index (χ1) is 11.9. The van der Waals surface area contributed by atoms with Crippen LogP contribution in [0.25, 0.3) is 10.9 Å². The van der Waals surface area contributed by atoms with Gasteiger partial charge in [-0.3, -0.25) is 9.59 Å². The zero-order valence-electron chi connectivity index (χ0n) is 14.1. The Morgan fingerprint density at radius 3 is 2.60 bits per heavy atom. The summed E-state index contributed by atoms with van der Waals surface area (Å²) in [6.45, 7) is 3.89. The molecule has 0 aliphatic carbocycles. The van der Waals surface area contributed by atoms with E-state index in [0.29, 0.717) is 16.5 Å². The van der Waals surface area contributed by atoms with Crippen molar-refractivity contribution in [3.8, 4) is 5.75 Å². The SMILES string of the molecule is COc1ccc(NC(=O)c2cc3cc(C)cc(C)c3[nH]c2=O)cc1Cl. The lowest BCUT2D eigenvalue weighted by molar-refractivity contribution is 0.102. The number of nitrogens with one attached hydrogen (secondary N) is 2. The summed E-state index contributed by atoms with van der Waals surface area (Å²) in [4.78, 5) is 27.6. The second-order valence-corrected chi connectivity index (χ2v) is 6.27. The van der Waals surface area contributed by atoms with Gasteiger partial charge in [0, 0.05) is 5.69 Å². The number of H-pyrrole nitrogens is 1. The van der Waals surface area contributed by atoms with Gasteiger partial charge < -0.3 is 15.0 Å². The van der Waals surface area contributed by atoms with E-state index in [2.05, 4.69) is 10.3 Å². The molecule has 0 saturated carbocycles. The van der Waals surface area contributed by atoms with Crippen molar-refractivity contribution in [2.75, 3.05) is 12.4 Å². The number of hydrogen-bond donors (Lipinski definition) is 2. The zero-order chi connectivity index (χ0) is 18.1. The molecule has 1 aromatic heterocycles. The Labute approximate surface area is 149 Å². The minimum atomic E-state index is -0.497. The molecule has 0 saturated heterocycles. The van der Waals surface area contributed by atoms with Crippen molar-refractivity contribution in [3.63, 3.8) is 0 Å². The van der Waals surface area contributed by atoms with Crippen LogP contribution >= 0.6 is 11.6 Å². The van der Waals surface area contributed by atoms with Crippen LogP contribution in [0, 0.1) is 13.8 Å². The molecule has 0 fully saturated rings. The second kappa shape index (κ2) is 6.61. The molecule has 0 bridgehead atoms. The maximum Gasteiger partial charge on any atom is 0.261 e. The number of carbonyl (C=O) groups excluding carboxylic acids is 1. The van der Waals surface area contributed by atoms with Crippen LogP contribution in [0.2, 0.25) is 5.02 Å². The Balaban J connectivity index is 1.98. The van der Waals surface area contributed by atoms with Crippen molar-refractivity contribution in [3.05, 3.63) is 68.5 Å². The number of hydrogen-bond acceptors (Lipinski definition) is 3. The van der Waals surface area contributed by atoms with E-state index in [4.69, 9.17) is 16.3 Å². The molecule has 0 radical (unpaired) electrons. The quantitative estimate of drug-likeness (QED) is 0.743. The highest BCUT2D eigenvalue weighted by atomic mass is 35.5. The molecule has 2 aromatic carbocycles. The number of aryl methyl sites for hydroxylation is 2. The van der Waals surface area contributed by atoms with Crippen molar-refractivity contribution in [2.45, 2.75) is 13.8 Å². The number of anilines is 1. The van der Waals surface area contributed by atoms with Gasteiger partial charge in [0.2, 0.25) is 0 Å². The molecule has 3 aromatic rings. The second-order valence-electron chi connectivity index (χ2n) is 5.86. The molecule has 0 atom stereocenters. The lowest BCUT2D eigenvalue weighted by Crippen LogP contribution is -2.23. The Bertz CT molecular complexity index is 1040. The number of methoxy groups -OCH3 is 1. The number of halogens is 1. The monoisotopic (exact) mass is 356 g/mol. The predicted molar refractivity (Wildman–Crippen MR) is 100.0 cm³/mol. The van der Waals surface area contributed by atoms with E-state index in [1.807, 2.05) is 26.0 Å². The molecule has 0 unspecified atom stereocenters. The average Bonchev–Trinajstić information content (AvgIpc) is 2.55. The molecule has 1 heterocycles. The topological polar surface area (TPSA) is 71.2 Å². The molecule has 3 rings (SSSR count). The van der Waals surface area contributed by atoms with Crippen LogP contribution in [0.5, 0.6) is 5.75 Å². The number of ether oxygens (including phenoxy) is 1. The summed E-state index contributed by atoms with van der Waals surface area (Å²) in [5.74, 6) is 0.0118. The van der Waals surface area contributed by atoms with Gasteiger partial charge in [-0.25, -0.2) is 0 Å². The number of amides is 1. The van der Waals surface area contributed by atoms with Crippen molar-refractivity contribution in [1.29, 1.82) is 0 Å². The molecule has 1 amide bonds. The molecule has 25 heavy (non-hydrogen) atoms. The van der Waals surface area contributed by atoms with E-state index >= 15 is 0 Å². The van der Waals surface area contributed by atoms with Crippen LogP contribution in [-0.2, 0) is 0 Å². The highest BCUT2D eigenvalue weighted by Gasteiger charge is 2.14. The number of pyridine rings is 1. The van der Waals surface area contributed by atoms with Gasteiger partial charge in [0.25, 0.3) is 11.5 Å². The Kier molecular flexibility index (Phi) is 4.51. The van der Waals surface area contributed by atoms with Crippen molar-refractivity contribution in [2.24, 2.45) is 0 Å². The minimum Gasteiger partial charge on any atom is -0.495 e. The molecule has 0 spiro atoms. The first kappa shape index (κ1) is 17.0. The number of aromatic nitrogens is 1. The number of benzene rings is 2. The largest absolute Gasteiger partial charge is 0.495 e. The molecule has 0 aliphatic rings. The van der Waals surface area contributed by atoms with Gasteiger partial charge in [-0.05, 0) is 55.1 Å². The van der Waals surface area contributed by atoms with E-state index in [9.17, 15) is 9.59 Å². The Morgan fingerprint density at radius 2 is 1.92 bits per heavy atom. The van der Waals surface area contributed by atoms with Crippen LogP contribution in [-0.4, -0.2) is 18.0 Å². The van der Waals surface area contributed by atoms with Gasteiger partial charge in [0.1, 0.15) is 11.3 Å². The molecule has 128 valence electrons. The van der Waals surface area contributed by atoms with E-state index in [1.165, 1.54) is 7.11 Å². The molecule has 0 aliphatic heterocycles. The first-order valence-corrected chi connectivity index (χ1v) is 8.06. The summed E-state index contributed by atoms with van der Waals surface area (Å²) in [5, 5.41) is 3.88. The minimum absolute atomic E-state index is 0.0458. The standard InChI is InChI=1S/C19H17ClN2O3/c1-10-6-11(2)17-12(7-10)8-14(19(24)22-17)18(23)21-13-4-5-16(25-3)15(20)9-13/h4-9H,1-3H3,(H,21,23)(H,22,24). The molecular weight excluding hydrogens is 340 g/mol. The van der Waals surface area contributed by atoms with Gasteiger partial charge in [-0.15, -0.1) is 0 Å². The van der Waals surface area contributed by atoms with E-state index in [-0.39, 0.29) is 5.56 Å². The number of carbonyl (C=O) groups is 1. The van der Waals surface area contributed by atoms with Crippen LogP contribution < -0.4 is 15.6 Å². The van der Waals surface area contributed by atoms with Gasteiger partial charge in [-0.2, -0.15) is 0 Å². The normalized spacial score (nSPS) is 10.7. The lowest BCUT2D eigenvalue weighted by atomic mass is 10.1. The average molecular weight is 357 g/mol. The van der Waals surface area contributed by atoms with Gasteiger partial charge in [0.15, 0.2) is 0 Å². The highest BCUT2D eigenvalue weighted by molar-refractivity contribution is 6.32. The summed E-state index contributed by atoms with van der Waals surface area (Å²) >= 11 is 6.06. The first-order valence-electron chi connectivity index (χ1n) is 7.68. The van der Waals surface area contributed by atoms with Crippen molar-refractivity contribution < 1.29 is 9.53 Å². The third-order valence-corrected chi connectivity index (χ3v) is 4.24. The van der Waals surface area contributed by atoms with E-state index < -0.39 is 11.5 Å². The van der Waals surface area contributed by atoms with E-state index in [0.717, 1.165) is 22.0 Å². The fourth-order valence-electron chi connectivity index (χ4n) is 2.80. The highest BCUT2D eigenvalue weighted by Crippen LogP contribution is 2.27. The Hall–Kier alpha value is -2.79. The third kappa shape index (κ3) is 3.37. The Morgan fingerprint density at radius 1 is 1.16 bits per heavy atom. The van der Waals surface area contributed by atoms with E-state index in [1.54, 1.807) is 24.3 Å². The molecule has 6 heteroatoms. The number of rotatable bonds is 3. The lowest BCUT2D eigenvalue weighted by Gasteiger charge is -2.09. The predicted octanol–water partition coefficient (Wildman–Crippen LogP) is 4.06. The summed E-state index contributed by atoms with van der Waals surface area (Å²) in [7, 11) is 1.51. The van der Waals surface area contributed by atoms with Gasteiger partial charge in [-0.1, -0.05) is 23.2 Å². The summed E-state index contributed by atoms with van der Waals surface area (Å²) in [6.07, 6.45) is 0. The van der Waals surface area contributed by atoms with Crippen LogP contribution in [0.15, 0.2) is 41.2 Å². The van der Waals surface area contributed by atoms with Gasteiger partial charge in [0.05, 0.1) is 17.6 Å². The van der Waals surface area contributed by atoms with Gasteiger partial charge >= 0.3 is 0 Å². The molecule has 2 N–H and O–H groups in total. The fraction of sp³-hybridized carbons (Fsp3) is 0.158. The van der Waals surface area contributed by atoms with Crippen molar-refractivity contribution in [1.82, 2.24) is 4.98 Å². The molecular formula is C19H17ClN2O3. The maximum atomic E-state index is 12.5. The third-order valence-electron chi connectivity index (χ3n) is 3.95. The van der Waals surface area contributed by atoms with Crippen LogP contribution in [0.4, 0.5) is 5.69 Å². The smallest absolute Gasteiger partial charge is 0.261 e. The number of aromatic amines is 1. The number of fused-ring (bicyclic) bond motifs is 1. The zero-order valence-corrected chi connectivity index (χ0v) is 14.8. The summed E-state index contributed by atoms with van der Waals surface area (Å²) < 4.78 is 5.08. The molecule has 5 nitrogen and oxygen atoms in total. The van der Waals surface area contributed by atoms with Crippen molar-refractivity contribution >= 4 is 34.1 Å². The van der Waals surface area contributed by atoms with Crippen LogP contribution in [0.3, 0.4) is 0 Å². The summed E-state index contributed by atoms with van der Waals surface area (Å²) in [5.41, 5.74) is 2.85. The summed E-state index contributed by atoms with van der Waals surface area (Å²) in [6, 6.07) is 10.4.